The monoisotopic (exact) mass is 392 g/mol. The van der Waals surface area contributed by atoms with Gasteiger partial charge in [0, 0.05) is 22.7 Å². The van der Waals surface area contributed by atoms with Crippen molar-refractivity contribution in [1.82, 2.24) is 20.1 Å². The lowest BCUT2D eigenvalue weighted by Gasteiger charge is -2.26. The van der Waals surface area contributed by atoms with Crippen LogP contribution in [0.3, 0.4) is 0 Å². The number of thioether (sulfide) groups is 1. The molecule has 0 saturated carbocycles. The first-order valence-electron chi connectivity index (χ1n) is 8.56. The lowest BCUT2D eigenvalue weighted by molar-refractivity contribution is -0.121. The quantitative estimate of drug-likeness (QED) is 0.528. The topological polar surface area (TPSA) is 59.8 Å². The third-order valence-electron chi connectivity index (χ3n) is 4.13. The first-order valence-corrected chi connectivity index (χ1v) is 9.82. The average molecular weight is 393 g/mol. The number of carbonyl (C=O) groups is 1. The van der Waals surface area contributed by atoms with E-state index in [0.29, 0.717) is 16.7 Å². The highest BCUT2D eigenvalue weighted by atomic mass is 35.5. The molecule has 1 N–H and O–H groups in total. The van der Waals surface area contributed by atoms with E-state index in [0.717, 1.165) is 17.8 Å². The second kappa shape index (κ2) is 8.73. The van der Waals surface area contributed by atoms with E-state index in [1.165, 1.54) is 11.8 Å². The molecular formula is C19H25ClN4OS. The molecule has 7 heteroatoms. The van der Waals surface area contributed by atoms with Crippen molar-refractivity contribution >= 4 is 29.3 Å². The first-order chi connectivity index (χ1) is 12.3. The van der Waals surface area contributed by atoms with Gasteiger partial charge in [-0.25, -0.2) is 0 Å². The van der Waals surface area contributed by atoms with Crippen molar-refractivity contribution in [2.75, 3.05) is 0 Å². The van der Waals surface area contributed by atoms with E-state index in [9.17, 15) is 4.79 Å². The second-order valence-electron chi connectivity index (χ2n) is 6.70. The van der Waals surface area contributed by atoms with Gasteiger partial charge >= 0.3 is 0 Å². The summed E-state index contributed by atoms with van der Waals surface area (Å²) in [6.45, 7) is 12.3. The molecule has 2 rings (SSSR count). The number of halogens is 1. The van der Waals surface area contributed by atoms with Crippen molar-refractivity contribution < 1.29 is 4.79 Å². The minimum Gasteiger partial charge on any atom is -0.350 e. The molecule has 0 aliphatic carbocycles. The van der Waals surface area contributed by atoms with Crippen LogP contribution in [0.25, 0.3) is 11.4 Å². The lowest BCUT2D eigenvalue weighted by atomic mass is 10.0. The minimum atomic E-state index is -0.286. The van der Waals surface area contributed by atoms with Crippen molar-refractivity contribution in [3.8, 4) is 11.4 Å². The molecule has 0 fully saturated rings. The van der Waals surface area contributed by atoms with Crippen LogP contribution in [0.2, 0.25) is 5.02 Å². The summed E-state index contributed by atoms with van der Waals surface area (Å²) >= 11 is 7.36. The minimum absolute atomic E-state index is 0.0111. The standard InChI is InChI=1S/C19H25ClN4OS/c1-6-12-24-16(14-8-10-15(20)11-9-14)22-23-18(24)26-13(3)17(25)21-19(4,5)7-2/h6,8-11,13H,1,7,12H2,2-5H3,(H,21,25). The van der Waals surface area contributed by atoms with Crippen molar-refractivity contribution in [1.29, 1.82) is 0 Å². The molecule has 0 bridgehead atoms. The van der Waals surface area contributed by atoms with Gasteiger partial charge in [-0.15, -0.1) is 16.8 Å². The van der Waals surface area contributed by atoms with Crippen LogP contribution in [0.5, 0.6) is 0 Å². The Morgan fingerprint density at radius 1 is 1.38 bits per heavy atom. The van der Waals surface area contributed by atoms with Crippen LogP contribution < -0.4 is 5.32 Å². The van der Waals surface area contributed by atoms with Crippen LogP contribution in [0.15, 0.2) is 42.1 Å². The predicted octanol–water partition coefficient (Wildman–Crippen LogP) is 4.57. The molecule has 1 atom stereocenters. The van der Waals surface area contributed by atoms with Crippen LogP contribution in [0, 0.1) is 0 Å². The molecule has 1 aromatic carbocycles. The van der Waals surface area contributed by atoms with Crippen LogP contribution in [-0.2, 0) is 11.3 Å². The van der Waals surface area contributed by atoms with Gasteiger partial charge in [0.25, 0.3) is 0 Å². The number of allylic oxidation sites excluding steroid dienone is 1. The lowest BCUT2D eigenvalue weighted by Crippen LogP contribution is -2.46. The molecule has 0 spiro atoms. The Hall–Kier alpha value is -1.79. The Balaban J connectivity index is 2.23. The van der Waals surface area contributed by atoms with Gasteiger partial charge in [0.2, 0.25) is 5.91 Å². The molecule has 1 aromatic heterocycles. The molecule has 140 valence electrons. The third-order valence-corrected chi connectivity index (χ3v) is 5.46. The number of hydrogen-bond donors (Lipinski definition) is 1. The van der Waals surface area contributed by atoms with Crippen molar-refractivity contribution in [2.45, 2.75) is 56.6 Å². The largest absolute Gasteiger partial charge is 0.350 e. The van der Waals surface area contributed by atoms with Crippen LogP contribution >= 0.6 is 23.4 Å². The smallest absolute Gasteiger partial charge is 0.233 e. The number of nitrogens with one attached hydrogen (secondary N) is 1. The molecule has 0 saturated heterocycles. The summed E-state index contributed by atoms with van der Waals surface area (Å²) < 4.78 is 1.95. The highest BCUT2D eigenvalue weighted by Gasteiger charge is 2.24. The summed E-state index contributed by atoms with van der Waals surface area (Å²) in [6, 6.07) is 7.44. The van der Waals surface area contributed by atoms with Crippen LogP contribution in [0.1, 0.15) is 34.1 Å². The summed E-state index contributed by atoms with van der Waals surface area (Å²) in [4.78, 5) is 12.5. The van der Waals surface area contributed by atoms with Gasteiger partial charge in [0.1, 0.15) is 0 Å². The van der Waals surface area contributed by atoms with E-state index in [1.807, 2.05) is 49.6 Å². The Labute approximate surface area is 164 Å². The fourth-order valence-electron chi connectivity index (χ4n) is 2.22. The van der Waals surface area contributed by atoms with E-state index in [-0.39, 0.29) is 16.7 Å². The zero-order valence-electron chi connectivity index (χ0n) is 15.6. The van der Waals surface area contributed by atoms with Gasteiger partial charge in [-0.2, -0.15) is 0 Å². The van der Waals surface area contributed by atoms with E-state index < -0.39 is 0 Å². The number of carbonyl (C=O) groups excluding carboxylic acids is 1. The molecule has 1 unspecified atom stereocenters. The summed E-state index contributed by atoms with van der Waals surface area (Å²) in [5.41, 5.74) is 0.689. The Bertz CT molecular complexity index is 770. The maximum absolute atomic E-state index is 12.5. The molecule has 0 radical (unpaired) electrons. The van der Waals surface area contributed by atoms with Gasteiger partial charge in [-0.05, 0) is 51.5 Å². The maximum Gasteiger partial charge on any atom is 0.233 e. The van der Waals surface area contributed by atoms with Gasteiger partial charge in [0.05, 0.1) is 5.25 Å². The summed E-state index contributed by atoms with van der Waals surface area (Å²) in [5, 5.41) is 12.7. The Morgan fingerprint density at radius 2 is 2.04 bits per heavy atom. The number of hydrogen-bond acceptors (Lipinski definition) is 4. The SMILES string of the molecule is C=CCn1c(SC(C)C(=O)NC(C)(C)CC)nnc1-c1ccc(Cl)cc1. The molecule has 0 aliphatic rings. The Morgan fingerprint density at radius 3 is 2.62 bits per heavy atom. The Kier molecular flexibility index (Phi) is 6.89. The third kappa shape index (κ3) is 5.11. The molecular weight excluding hydrogens is 368 g/mol. The van der Waals surface area contributed by atoms with E-state index in [2.05, 4.69) is 29.0 Å². The summed E-state index contributed by atoms with van der Waals surface area (Å²) in [5.74, 6) is 0.716. The predicted molar refractivity (Wildman–Crippen MR) is 108 cm³/mol. The molecule has 0 aliphatic heterocycles. The maximum atomic E-state index is 12.5. The fourth-order valence-corrected chi connectivity index (χ4v) is 3.20. The van der Waals surface area contributed by atoms with Crippen LogP contribution in [-0.4, -0.2) is 31.5 Å². The van der Waals surface area contributed by atoms with Gasteiger partial charge < -0.3 is 5.32 Å². The first kappa shape index (κ1) is 20.5. The summed E-state index contributed by atoms with van der Waals surface area (Å²) in [7, 11) is 0. The zero-order valence-corrected chi connectivity index (χ0v) is 17.2. The summed E-state index contributed by atoms with van der Waals surface area (Å²) in [6.07, 6.45) is 2.65. The number of amides is 1. The second-order valence-corrected chi connectivity index (χ2v) is 8.44. The normalized spacial score (nSPS) is 12.7. The number of benzene rings is 1. The van der Waals surface area contributed by atoms with Gasteiger partial charge in [-0.1, -0.05) is 36.4 Å². The molecule has 1 heterocycles. The van der Waals surface area contributed by atoms with E-state index in [1.54, 1.807) is 6.08 Å². The molecule has 2 aromatic rings. The van der Waals surface area contributed by atoms with Crippen LogP contribution in [0.4, 0.5) is 0 Å². The highest BCUT2D eigenvalue weighted by molar-refractivity contribution is 8.00. The fraction of sp³-hybridized carbons (Fsp3) is 0.421. The molecule has 1 amide bonds. The molecule has 26 heavy (non-hydrogen) atoms. The zero-order chi connectivity index (χ0) is 19.3. The van der Waals surface area contributed by atoms with Crippen molar-refractivity contribution in [3.05, 3.63) is 41.9 Å². The van der Waals surface area contributed by atoms with Gasteiger partial charge in [-0.3, -0.25) is 9.36 Å². The van der Waals surface area contributed by atoms with Crippen molar-refractivity contribution in [3.63, 3.8) is 0 Å². The average Bonchev–Trinajstić information content (AvgIpc) is 2.98. The van der Waals surface area contributed by atoms with Gasteiger partial charge in [0.15, 0.2) is 11.0 Å². The molecule has 5 nitrogen and oxygen atoms in total. The van der Waals surface area contributed by atoms with Crippen molar-refractivity contribution in [2.24, 2.45) is 0 Å². The van der Waals surface area contributed by atoms with E-state index >= 15 is 0 Å². The number of nitrogens with zero attached hydrogens (tertiary/aromatic N) is 3. The van der Waals surface area contributed by atoms with E-state index in [4.69, 9.17) is 11.6 Å². The number of rotatable bonds is 8. The highest BCUT2D eigenvalue weighted by Crippen LogP contribution is 2.28. The number of aromatic nitrogens is 3.